The Bertz CT molecular complexity index is 456. The van der Waals surface area contributed by atoms with Crippen LogP contribution < -0.4 is 10.6 Å². The first-order valence-electron chi connectivity index (χ1n) is 6.41. The molecule has 0 amide bonds. The smallest absolute Gasteiger partial charge is 0.124 e. The summed E-state index contributed by atoms with van der Waals surface area (Å²) in [5.74, 6) is 0.659. The van der Waals surface area contributed by atoms with Gasteiger partial charge in [-0.2, -0.15) is 0 Å². The molecule has 1 atom stereocenters. The first-order valence-corrected chi connectivity index (χ1v) is 6.79. The molecule has 3 nitrogen and oxygen atoms in total. The van der Waals surface area contributed by atoms with E-state index in [-0.39, 0.29) is 5.84 Å². The molecule has 1 fully saturated rings. The third-order valence-corrected chi connectivity index (χ3v) is 3.96. The van der Waals surface area contributed by atoms with Gasteiger partial charge >= 0.3 is 0 Å². The minimum Gasteiger partial charge on any atom is -0.384 e. The number of rotatable bonds is 3. The molecule has 1 aromatic rings. The fourth-order valence-electron chi connectivity index (χ4n) is 2.71. The van der Waals surface area contributed by atoms with Gasteiger partial charge in [-0.05, 0) is 37.0 Å². The van der Waals surface area contributed by atoms with Crippen molar-refractivity contribution in [1.29, 1.82) is 5.41 Å². The Morgan fingerprint density at radius 1 is 1.50 bits per heavy atom. The molecule has 1 saturated heterocycles. The summed E-state index contributed by atoms with van der Waals surface area (Å²) < 4.78 is 0. The van der Waals surface area contributed by atoms with Crippen LogP contribution in [0.25, 0.3) is 0 Å². The third kappa shape index (κ3) is 2.46. The Labute approximate surface area is 113 Å². The molecule has 2 rings (SSSR count). The summed E-state index contributed by atoms with van der Waals surface area (Å²) >= 11 is 6.18. The Balaban J connectivity index is 2.29. The van der Waals surface area contributed by atoms with Crippen LogP contribution in [0, 0.1) is 11.3 Å². The summed E-state index contributed by atoms with van der Waals surface area (Å²) in [4.78, 5) is 2.42. The van der Waals surface area contributed by atoms with E-state index >= 15 is 0 Å². The van der Waals surface area contributed by atoms with Crippen molar-refractivity contribution < 1.29 is 0 Å². The quantitative estimate of drug-likeness (QED) is 0.651. The van der Waals surface area contributed by atoms with Crippen molar-refractivity contribution >= 4 is 23.1 Å². The molecular weight excluding hydrogens is 246 g/mol. The lowest BCUT2D eigenvalue weighted by molar-refractivity contribution is 0.492. The number of anilines is 1. The molecule has 1 aliphatic heterocycles. The zero-order valence-electron chi connectivity index (χ0n) is 10.9. The molecule has 18 heavy (non-hydrogen) atoms. The molecule has 4 heteroatoms. The van der Waals surface area contributed by atoms with Crippen LogP contribution in [0.2, 0.25) is 5.02 Å². The number of nitrogens with two attached hydrogens (primary N) is 1. The number of nitrogens with one attached hydrogen (secondary N) is 1. The lowest BCUT2D eigenvalue weighted by Crippen LogP contribution is -2.33. The SMILES string of the molecule is CC(C)C1CCCN1c1ccc(C(=N)N)c(Cl)c1. The second-order valence-electron chi connectivity index (χ2n) is 5.22. The van der Waals surface area contributed by atoms with E-state index in [2.05, 4.69) is 18.7 Å². The number of hydrogen-bond donors (Lipinski definition) is 2. The van der Waals surface area contributed by atoms with Gasteiger partial charge in [0, 0.05) is 23.8 Å². The maximum atomic E-state index is 7.44. The minimum absolute atomic E-state index is 0.0216. The largest absolute Gasteiger partial charge is 0.384 e. The topological polar surface area (TPSA) is 53.1 Å². The molecule has 3 N–H and O–H groups in total. The summed E-state index contributed by atoms with van der Waals surface area (Å²) in [6.07, 6.45) is 2.47. The Morgan fingerprint density at radius 2 is 2.22 bits per heavy atom. The standard InChI is InChI=1S/C14H20ClN3/c1-9(2)13-4-3-7-18(13)10-5-6-11(14(16)17)12(15)8-10/h5-6,8-9,13H,3-4,7H2,1-2H3,(H3,16,17). The van der Waals surface area contributed by atoms with Crippen molar-refractivity contribution in [2.45, 2.75) is 32.7 Å². The van der Waals surface area contributed by atoms with Gasteiger partial charge in [0.15, 0.2) is 0 Å². The second-order valence-corrected chi connectivity index (χ2v) is 5.63. The van der Waals surface area contributed by atoms with Gasteiger partial charge in [0.2, 0.25) is 0 Å². The number of halogens is 1. The highest BCUT2D eigenvalue weighted by atomic mass is 35.5. The van der Waals surface area contributed by atoms with Crippen LogP contribution in [0.3, 0.4) is 0 Å². The van der Waals surface area contributed by atoms with E-state index in [1.54, 1.807) is 0 Å². The molecular formula is C14H20ClN3. The van der Waals surface area contributed by atoms with E-state index in [1.807, 2.05) is 18.2 Å². The highest BCUT2D eigenvalue weighted by Crippen LogP contribution is 2.32. The van der Waals surface area contributed by atoms with Crippen LogP contribution in [-0.4, -0.2) is 18.4 Å². The maximum Gasteiger partial charge on any atom is 0.124 e. The number of nitrogen functional groups attached to an aromatic ring is 1. The molecule has 0 saturated carbocycles. The van der Waals surface area contributed by atoms with Crippen molar-refractivity contribution in [3.8, 4) is 0 Å². The zero-order chi connectivity index (χ0) is 13.3. The normalized spacial score (nSPS) is 19.6. The predicted molar refractivity (Wildman–Crippen MR) is 77.7 cm³/mol. The maximum absolute atomic E-state index is 7.44. The Kier molecular flexibility index (Phi) is 3.81. The second kappa shape index (κ2) is 5.19. The van der Waals surface area contributed by atoms with Gasteiger partial charge in [0.1, 0.15) is 5.84 Å². The molecule has 0 bridgehead atoms. The van der Waals surface area contributed by atoms with Gasteiger partial charge < -0.3 is 10.6 Å². The average Bonchev–Trinajstić information content (AvgIpc) is 2.77. The fourth-order valence-corrected chi connectivity index (χ4v) is 2.98. The van der Waals surface area contributed by atoms with E-state index in [1.165, 1.54) is 12.8 Å². The van der Waals surface area contributed by atoms with Crippen LogP contribution in [0.4, 0.5) is 5.69 Å². The van der Waals surface area contributed by atoms with Crippen LogP contribution in [0.1, 0.15) is 32.3 Å². The summed E-state index contributed by atoms with van der Waals surface area (Å²) in [6.45, 7) is 5.60. The van der Waals surface area contributed by atoms with Crippen LogP contribution in [-0.2, 0) is 0 Å². The highest BCUT2D eigenvalue weighted by Gasteiger charge is 2.27. The summed E-state index contributed by atoms with van der Waals surface area (Å²) in [6, 6.07) is 6.38. The number of amidine groups is 1. The Morgan fingerprint density at radius 3 is 2.78 bits per heavy atom. The molecule has 1 heterocycles. The summed E-state index contributed by atoms with van der Waals surface area (Å²) in [5, 5.41) is 8.01. The van der Waals surface area contributed by atoms with Crippen LogP contribution in [0.5, 0.6) is 0 Å². The number of benzene rings is 1. The van der Waals surface area contributed by atoms with Gasteiger partial charge in [-0.3, -0.25) is 5.41 Å². The molecule has 0 aliphatic carbocycles. The third-order valence-electron chi connectivity index (χ3n) is 3.64. The molecule has 1 unspecified atom stereocenters. The predicted octanol–water partition coefficient (Wildman–Crippen LogP) is 3.25. The molecule has 0 radical (unpaired) electrons. The van der Waals surface area contributed by atoms with Crippen molar-refractivity contribution in [1.82, 2.24) is 0 Å². The summed E-state index contributed by atoms with van der Waals surface area (Å²) in [7, 11) is 0. The van der Waals surface area contributed by atoms with E-state index in [9.17, 15) is 0 Å². The van der Waals surface area contributed by atoms with E-state index in [0.29, 0.717) is 22.5 Å². The number of hydrogen-bond acceptors (Lipinski definition) is 2. The van der Waals surface area contributed by atoms with E-state index < -0.39 is 0 Å². The van der Waals surface area contributed by atoms with Gasteiger partial charge in [-0.1, -0.05) is 25.4 Å². The minimum atomic E-state index is 0.0216. The van der Waals surface area contributed by atoms with Gasteiger partial charge in [0.25, 0.3) is 0 Å². The zero-order valence-corrected chi connectivity index (χ0v) is 11.7. The molecule has 0 aromatic heterocycles. The van der Waals surface area contributed by atoms with Crippen molar-refractivity contribution in [3.05, 3.63) is 28.8 Å². The first kappa shape index (κ1) is 13.2. The van der Waals surface area contributed by atoms with Crippen molar-refractivity contribution in [2.24, 2.45) is 11.7 Å². The van der Waals surface area contributed by atoms with Crippen LogP contribution in [0.15, 0.2) is 18.2 Å². The van der Waals surface area contributed by atoms with E-state index in [0.717, 1.165) is 12.2 Å². The van der Waals surface area contributed by atoms with Gasteiger partial charge in [-0.15, -0.1) is 0 Å². The monoisotopic (exact) mass is 265 g/mol. The molecule has 98 valence electrons. The molecule has 0 spiro atoms. The summed E-state index contributed by atoms with van der Waals surface area (Å²) in [5.41, 5.74) is 7.23. The fraction of sp³-hybridized carbons (Fsp3) is 0.500. The highest BCUT2D eigenvalue weighted by molar-refractivity contribution is 6.34. The first-order chi connectivity index (χ1) is 8.50. The van der Waals surface area contributed by atoms with Crippen molar-refractivity contribution in [3.63, 3.8) is 0 Å². The lowest BCUT2D eigenvalue weighted by atomic mass is 10.0. The van der Waals surface area contributed by atoms with Gasteiger partial charge in [0.05, 0.1) is 5.02 Å². The molecule has 1 aliphatic rings. The Hall–Kier alpha value is -1.22. The van der Waals surface area contributed by atoms with Gasteiger partial charge in [-0.25, -0.2) is 0 Å². The molecule has 1 aromatic carbocycles. The average molecular weight is 266 g/mol. The lowest BCUT2D eigenvalue weighted by Gasteiger charge is -2.30. The van der Waals surface area contributed by atoms with Crippen molar-refractivity contribution in [2.75, 3.05) is 11.4 Å². The van der Waals surface area contributed by atoms with E-state index in [4.69, 9.17) is 22.7 Å². The van der Waals surface area contributed by atoms with Crippen LogP contribution >= 0.6 is 11.6 Å². The number of nitrogens with zero attached hydrogens (tertiary/aromatic N) is 1.